The zero-order chi connectivity index (χ0) is 17.3. The fraction of sp³-hybridized carbons (Fsp3) is 0.0476. The van der Waals surface area contributed by atoms with E-state index in [0.717, 1.165) is 28.2 Å². The first kappa shape index (κ1) is 14.7. The van der Waals surface area contributed by atoms with Crippen LogP contribution in [0.5, 0.6) is 0 Å². The van der Waals surface area contributed by atoms with Gasteiger partial charge in [-0.3, -0.25) is 0 Å². The molecule has 3 heterocycles. The number of aromatic amines is 1. The fourth-order valence-corrected chi connectivity index (χ4v) is 3.20. The Bertz CT molecular complexity index is 1190. The van der Waals surface area contributed by atoms with E-state index in [1.54, 1.807) is 6.20 Å². The van der Waals surface area contributed by atoms with E-state index in [0.29, 0.717) is 6.54 Å². The lowest BCUT2D eigenvalue weighted by atomic mass is 10.1. The molecule has 5 heteroatoms. The van der Waals surface area contributed by atoms with Crippen molar-refractivity contribution in [1.29, 1.82) is 0 Å². The first-order valence-corrected chi connectivity index (χ1v) is 8.57. The Morgan fingerprint density at radius 2 is 1.88 bits per heavy atom. The van der Waals surface area contributed by atoms with E-state index in [9.17, 15) is 0 Å². The average molecular weight is 339 g/mol. The second-order valence-electron chi connectivity index (χ2n) is 6.25. The van der Waals surface area contributed by atoms with Gasteiger partial charge < -0.3 is 10.3 Å². The Balaban J connectivity index is 1.50. The summed E-state index contributed by atoms with van der Waals surface area (Å²) in [7, 11) is 0. The molecular formula is C21H17N5. The standard InChI is InChI=1S/C21H17N5/c1-2-4-16(5-3-1)19-13-21(26-20(25-19)9-11-24-26)23-14-15-6-7-18-17(12-15)8-10-22-18/h1-13,22-23H,14H2. The summed E-state index contributed by atoms with van der Waals surface area (Å²) in [5.41, 5.74) is 5.22. The fourth-order valence-electron chi connectivity index (χ4n) is 3.20. The topological polar surface area (TPSA) is 58.0 Å². The second-order valence-corrected chi connectivity index (χ2v) is 6.25. The number of fused-ring (bicyclic) bond motifs is 2. The van der Waals surface area contributed by atoms with Gasteiger partial charge in [0.15, 0.2) is 5.65 Å². The molecule has 2 aromatic carbocycles. The van der Waals surface area contributed by atoms with Crippen molar-refractivity contribution in [3.8, 4) is 11.3 Å². The monoisotopic (exact) mass is 339 g/mol. The number of hydrogen-bond acceptors (Lipinski definition) is 3. The minimum Gasteiger partial charge on any atom is -0.366 e. The maximum atomic E-state index is 4.71. The van der Waals surface area contributed by atoms with E-state index < -0.39 is 0 Å². The van der Waals surface area contributed by atoms with E-state index in [2.05, 4.69) is 51.8 Å². The summed E-state index contributed by atoms with van der Waals surface area (Å²) < 4.78 is 1.83. The summed E-state index contributed by atoms with van der Waals surface area (Å²) in [5, 5.41) is 9.12. The molecular weight excluding hydrogens is 322 g/mol. The Labute approximate surface area is 150 Å². The first-order valence-electron chi connectivity index (χ1n) is 8.57. The number of anilines is 1. The van der Waals surface area contributed by atoms with Crippen LogP contribution in [0.25, 0.3) is 27.8 Å². The number of aromatic nitrogens is 4. The minimum absolute atomic E-state index is 0.717. The predicted octanol–water partition coefficient (Wildman–Crippen LogP) is 4.49. The van der Waals surface area contributed by atoms with Gasteiger partial charge in [0.05, 0.1) is 11.9 Å². The summed E-state index contributed by atoms with van der Waals surface area (Å²) in [6.07, 6.45) is 3.73. The molecule has 0 spiro atoms. The van der Waals surface area contributed by atoms with Crippen LogP contribution in [-0.2, 0) is 6.54 Å². The highest BCUT2D eigenvalue weighted by atomic mass is 15.3. The Morgan fingerprint density at radius 1 is 0.962 bits per heavy atom. The van der Waals surface area contributed by atoms with Gasteiger partial charge in [-0.15, -0.1) is 0 Å². The van der Waals surface area contributed by atoms with Gasteiger partial charge in [0.2, 0.25) is 0 Å². The van der Waals surface area contributed by atoms with Crippen molar-refractivity contribution in [2.45, 2.75) is 6.54 Å². The molecule has 0 aliphatic rings. The molecule has 26 heavy (non-hydrogen) atoms. The molecule has 5 rings (SSSR count). The van der Waals surface area contributed by atoms with Crippen molar-refractivity contribution < 1.29 is 0 Å². The molecule has 5 nitrogen and oxygen atoms in total. The van der Waals surface area contributed by atoms with Crippen LogP contribution in [-0.4, -0.2) is 19.6 Å². The van der Waals surface area contributed by atoms with Crippen molar-refractivity contribution in [3.63, 3.8) is 0 Å². The normalized spacial score (nSPS) is 11.2. The van der Waals surface area contributed by atoms with Crippen LogP contribution in [0.1, 0.15) is 5.56 Å². The lowest BCUT2D eigenvalue weighted by Gasteiger charge is -2.11. The minimum atomic E-state index is 0.717. The van der Waals surface area contributed by atoms with E-state index in [-0.39, 0.29) is 0 Å². The van der Waals surface area contributed by atoms with Crippen LogP contribution in [0.3, 0.4) is 0 Å². The molecule has 0 saturated carbocycles. The van der Waals surface area contributed by atoms with Crippen molar-refractivity contribution in [2.75, 3.05) is 5.32 Å². The summed E-state index contributed by atoms with van der Waals surface area (Å²) in [4.78, 5) is 7.94. The molecule has 0 atom stereocenters. The Hall–Kier alpha value is -3.60. The number of nitrogens with one attached hydrogen (secondary N) is 2. The molecule has 0 amide bonds. The Kier molecular flexibility index (Phi) is 3.42. The van der Waals surface area contributed by atoms with Crippen LogP contribution >= 0.6 is 0 Å². The largest absolute Gasteiger partial charge is 0.366 e. The summed E-state index contributed by atoms with van der Waals surface area (Å²) >= 11 is 0. The number of H-pyrrole nitrogens is 1. The van der Waals surface area contributed by atoms with Crippen molar-refractivity contribution in [2.24, 2.45) is 0 Å². The zero-order valence-electron chi connectivity index (χ0n) is 14.1. The van der Waals surface area contributed by atoms with Gasteiger partial charge >= 0.3 is 0 Å². The highest BCUT2D eigenvalue weighted by molar-refractivity contribution is 5.80. The highest BCUT2D eigenvalue weighted by Gasteiger charge is 2.08. The van der Waals surface area contributed by atoms with Gasteiger partial charge in [-0.1, -0.05) is 36.4 Å². The lowest BCUT2D eigenvalue weighted by molar-refractivity contribution is 0.927. The van der Waals surface area contributed by atoms with Gasteiger partial charge in [0, 0.05) is 36.0 Å². The number of nitrogens with zero attached hydrogens (tertiary/aromatic N) is 3. The Morgan fingerprint density at radius 3 is 2.81 bits per heavy atom. The predicted molar refractivity (Wildman–Crippen MR) is 104 cm³/mol. The third-order valence-electron chi connectivity index (χ3n) is 4.52. The van der Waals surface area contributed by atoms with E-state index >= 15 is 0 Å². The molecule has 2 N–H and O–H groups in total. The smallest absolute Gasteiger partial charge is 0.157 e. The van der Waals surface area contributed by atoms with Crippen LogP contribution in [0.4, 0.5) is 5.82 Å². The molecule has 0 fully saturated rings. The first-order chi connectivity index (χ1) is 12.9. The van der Waals surface area contributed by atoms with Crippen molar-refractivity contribution in [3.05, 3.63) is 84.7 Å². The summed E-state index contributed by atoms with van der Waals surface area (Å²) in [5.74, 6) is 0.924. The number of benzene rings is 2. The van der Waals surface area contributed by atoms with Gasteiger partial charge in [-0.25, -0.2) is 4.98 Å². The third kappa shape index (κ3) is 2.59. The SMILES string of the molecule is c1ccc(-c2cc(NCc3ccc4[nH]ccc4c3)n3nccc3n2)cc1. The van der Waals surface area contributed by atoms with E-state index in [1.165, 1.54) is 10.9 Å². The van der Waals surface area contributed by atoms with Gasteiger partial charge in [0.1, 0.15) is 5.82 Å². The summed E-state index contributed by atoms with van der Waals surface area (Å²) in [6.45, 7) is 0.717. The molecule has 0 aliphatic heterocycles. The third-order valence-corrected chi connectivity index (χ3v) is 4.52. The molecule has 0 aliphatic carbocycles. The van der Waals surface area contributed by atoms with Crippen LogP contribution in [0, 0.1) is 0 Å². The maximum absolute atomic E-state index is 4.71. The maximum Gasteiger partial charge on any atom is 0.157 e. The van der Waals surface area contributed by atoms with Crippen LogP contribution < -0.4 is 5.32 Å². The van der Waals surface area contributed by atoms with E-state index in [4.69, 9.17) is 4.98 Å². The molecule has 0 saturated heterocycles. The molecule has 126 valence electrons. The highest BCUT2D eigenvalue weighted by Crippen LogP contribution is 2.22. The van der Waals surface area contributed by atoms with Crippen molar-refractivity contribution >= 4 is 22.4 Å². The molecule has 5 aromatic rings. The van der Waals surface area contributed by atoms with Gasteiger partial charge in [-0.2, -0.15) is 9.61 Å². The molecule has 0 unspecified atom stereocenters. The van der Waals surface area contributed by atoms with Crippen LogP contribution in [0.15, 0.2) is 79.1 Å². The van der Waals surface area contributed by atoms with Gasteiger partial charge in [-0.05, 0) is 29.1 Å². The van der Waals surface area contributed by atoms with Crippen molar-refractivity contribution in [1.82, 2.24) is 19.6 Å². The number of hydrogen-bond donors (Lipinski definition) is 2. The van der Waals surface area contributed by atoms with Crippen LogP contribution in [0.2, 0.25) is 0 Å². The second kappa shape index (κ2) is 6.04. The van der Waals surface area contributed by atoms with E-state index in [1.807, 2.05) is 41.0 Å². The quantitative estimate of drug-likeness (QED) is 0.507. The summed E-state index contributed by atoms with van der Waals surface area (Å²) in [6, 6.07) is 22.7. The number of rotatable bonds is 4. The molecule has 0 bridgehead atoms. The average Bonchev–Trinajstić information content (AvgIpc) is 3.35. The molecule has 0 radical (unpaired) electrons. The van der Waals surface area contributed by atoms with Gasteiger partial charge in [0.25, 0.3) is 0 Å². The molecule has 3 aromatic heterocycles. The zero-order valence-corrected chi connectivity index (χ0v) is 14.1. The lowest BCUT2D eigenvalue weighted by Crippen LogP contribution is -2.06.